The topological polar surface area (TPSA) is 9.23 Å². The molecule has 0 N–H and O–H groups in total. The van der Waals surface area contributed by atoms with Crippen LogP contribution in [0.15, 0.2) is 12.2 Å². The average molecular weight is 375 g/mol. The van der Waals surface area contributed by atoms with E-state index in [0.717, 1.165) is 30.3 Å². The fraction of sp³-hybridized carbons (Fsp3) is 0.923. The molecule has 1 aliphatic heterocycles. The Morgan fingerprint density at radius 3 is 1.93 bits per heavy atom. The first-order valence-corrected chi connectivity index (χ1v) is 12.6. The van der Waals surface area contributed by atoms with E-state index in [-0.39, 0.29) is 0 Å². The van der Waals surface area contributed by atoms with Crippen LogP contribution in [-0.2, 0) is 4.74 Å². The fourth-order valence-electron chi connectivity index (χ4n) is 6.05. The summed E-state index contributed by atoms with van der Waals surface area (Å²) in [6, 6.07) is 0. The van der Waals surface area contributed by atoms with Crippen LogP contribution in [0.1, 0.15) is 110 Å². The van der Waals surface area contributed by atoms with Gasteiger partial charge < -0.3 is 4.74 Å². The van der Waals surface area contributed by atoms with E-state index in [0.29, 0.717) is 12.0 Å². The standard InChI is InChI=1S/C26H46O/c1-3-5-6-7-21-10-15-24(16-11-21)25-17-12-22(13-18-25)8-9-23-14-19-26(4-2)27-20-23/h8-9,21-26H,3-7,10-20H2,1-2H3. The molecule has 0 aromatic rings. The van der Waals surface area contributed by atoms with Gasteiger partial charge in [-0.05, 0) is 81.5 Å². The zero-order valence-electron chi connectivity index (χ0n) is 18.3. The first-order chi connectivity index (χ1) is 13.3. The van der Waals surface area contributed by atoms with E-state index in [9.17, 15) is 0 Å². The lowest BCUT2D eigenvalue weighted by Crippen LogP contribution is -2.26. The van der Waals surface area contributed by atoms with Crippen molar-refractivity contribution in [2.24, 2.45) is 29.6 Å². The lowest BCUT2D eigenvalue weighted by atomic mass is 9.68. The molecule has 3 rings (SSSR count). The van der Waals surface area contributed by atoms with Crippen LogP contribution in [0.4, 0.5) is 0 Å². The Kier molecular flexibility index (Phi) is 9.23. The van der Waals surface area contributed by atoms with Crippen LogP contribution < -0.4 is 0 Å². The van der Waals surface area contributed by atoms with E-state index in [1.807, 2.05) is 0 Å². The molecule has 2 saturated carbocycles. The van der Waals surface area contributed by atoms with Gasteiger partial charge in [0.05, 0.1) is 12.7 Å². The predicted octanol–water partition coefficient (Wildman–Crippen LogP) is 7.94. The maximum Gasteiger partial charge on any atom is 0.0573 e. The molecule has 1 saturated heterocycles. The third-order valence-corrected chi connectivity index (χ3v) is 8.11. The van der Waals surface area contributed by atoms with Crippen molar-refractivity contribution in [3.05, 3.63) is 12.2 Å². The second kappa shape index (κ2) is 11.6. The zero-order chi connectivity index (χ0) is 18.9. The van der Waals surface area contributed by atoms with Gasteiger partial charge in [-0.15, -0.1) is 0 Å². The summed E-state index contributed by atoms with van der Waals surface area (Å²) < 4.78 is 5.96. The smallest absolute Gasteiger partial charge is 0.0573 e. The van der Waals surface area contributed by atoms with Crippen LogP contribution in [0.5, 0.6) is 0 Å². The van der Waals surface area contributed by atoms with Crippen molar-refractivity contribution in [1.82, 2.24) is 0 Å². The molecule has 2 atom stereocenters. The summed E-state index contributed by atoms with van der Waals surface area (Å²) in [6.07, 6.45) is 27.3. The van der Waals surface area contributed by atoms with Gasteiger partial charge in [0, 0.05) is 5.92 Å². The Balaban J connectivity index is 1.31. The van der Waals surface area contributed by atoms with Crippen molar-refractivity contribution in [3.8, 4) is 0 Å². The van der Waals surface area contributed by atoms with E-state index in [4.69, 9.17) is 4.74 Å². The highest BCUT2D eigenvalue weighted by Gasteiger charge is 2.30. The van der Waals surface area contributed by atoms with Crippen LogP contribution in [0.25, 0.3) is 0 Å². The molecule has 2 aliphatic carbocycles. The van der Waals surface area contributed by atoms with Crippen LogP contribution in [0.3, 0.4) is 0 Å². The highest BCUT2D eigenvalue weighted by atomic mass is 16.5. The number of hydrogen-bond donors (Lipinski definition) is 0. The average Bonchev–Trinajstić information content (AvgIpc) is 2.74. The van der Waals surface area contributed by atoms with E-state index in [1.54, 1.807) is 12.8 Å². The van der Waals surface area contributed by atoms with Gasteiger partial charge in [0.1, 0.15) is 0 Å². The van der Waals surface area contributed by atoms with Crippen LogP contribution in [0, 0.1) is 29.6 Å². The molecule has 3 aliphatic rings. The van der Waals surface area contributed by atoms with E-state index in [1.165, 1.54) is 83.5 Å². The first kappa shape index (κ1) is 21.4. The molecule has 156 valence electrons. The zero-order valence-corrected chi connectivity index (χ0v) is 18.3. The minimum absolute atomic E-state index is 0.534. The largest absolute Gasteiger partial charge is 0.378 e. The first-order valence-electron chi connectivity index (χ1n) is 12.6. The fourth-order valence-corrected chi connectivity index (χ4v) is 6.05. The molecule has 0 spiro atoms. The van der Waals surface area contributed by atoms with Gasteiger partial charge >= 0.3 is 0 Å². The monoisotopic (exact) mass is 374 g/mol. The Hall–Kier alpha value is -0.300. The second-order valence-electron chi connectivity index (χ2n) is 10.0. The molecule has 0 aromatic carbocycles. The molecular formula is C26H46O. The Labute approximate surface area is 169 Å². The van der Waals surface area contributed by atoms with Gasteiger partial charge in [0.2, 0.25) is 0 Å². The maximum atomic E-state index is 5.96. The van der Waals surface area contributed by atoms with Crippen molar-refractivity contribution in [2.75, 3.05) is 6.61 Å². The molecule has 1 heterocycles. The van der Waals surface area contributed by atoms with Crippen LogP contribution >= 0.6 is 0 Å². The summed E-state index contributed by atoms with van der Waals surface area (Å²) in [6.45, 7) is 5.54. The highest BCUT2D eigenvalue weighted by Crippen LogP contribution is 2.42. The van der Waals surface area contributed by atoms with Crippen LogP contribution in [0.2, 0.25) is 0 Å². The molecule has 1 nitrogen and oxygen atoms in total. The summed E-state index contributed by atoms with van der Waals surface area (Å²) in [5, 5.41) is 0. The molecule has 27 heavy (non-hydrogen) atoms. The van der Waals surface area contributed by atoms with E-state index in [2.05, 4.69) is 26.0 Å². The molecule has 3 fully saturated rings. The number of unbranched alkanes of at least 4 members (excludes halogenated alkanes) is 2. The number of rotatable bonds is 8. The lowest BCUT2D eigenvalue weighted by Gasteiger charge is -2.37. The van der Waals surface area contributed by atoms with Gasteiger partial charge in [-0.2, -0.15) is 0 Å². The van der Waals surface area contributed by atoms with Crippen molar-refractivity contribution in [1.29, 1.82) is 0 Å². The Bertz CT molecular complexity index is 404. The normalized spacial score (nSPS) is 38.3. The van der Waals surface area contributed by atoms with Crippen molar-refractivity contribution >= 4 is 0 Å². The van der Waals surface area contributed by atoms with Gasteiger partial charge in [0.15, 0.2) is 0 Å². The Morgan fingerprint density at radius 2 is 1.33 bits per heavy atom. The number of hydrogen-bond acceptors (Lipinski definition) is 1. The predicted molar refractivity (Wildman–Crippen MR) is 117 cm³/mol. The van der Waals surface area contributed by atoms with E-state index < -0.39 is 0 Å². The molecule has 0 radical (unpaired) electrons. The molecule has 2 unspecified atom stereocenters. The van der Waals surface area contributed by atoms with Crippen LogP contribution in [-0.4, -0.2) is 12.7 Å². The summed E-state index contributed by atoms with van der Waals surface area (Å²) in [4.78, 5) is 0. The molecule has 0 aromatic heterocycles. The SMILES string of the molecule is CCCCCC1CCC(C2CCC(C=CC3CCC(CC)OC3)CC2)CC1. The summed E-state index contributed by atoms with van der Waals surface area (Å²) in [5.74, 6) is 4.73. The quantitative estimate of drug-likeness (QED) is 0.309. The third-order valence-electron chi connectivity index (χ3n) is 8.11. The molecule has 1 heteroatoms. The Morgan fingerprint density at radius 1 is 0.704 bits per heavy atom. The molecule has 0 amide bonds. The highest BCUT2D eigenvalue weighted by molar-refractivity contribution is 4.96. The van der Waals surface area contributed by atoms with Gasteiger partial charge in [-0.25, -0.2) is 0 Å². The number of ether oxygens (including phenoxy) is 1. The third kappa shape index (κ3) is 6.91. The van der Waals surface area contributed by atoms with Crippen molar-refractivity contribution < 1.29 is 4.74 Å². The van der Waals surface area contributed by atoms with Crippen molar-refractivity contribution in [2.45, 2.75) is 116 Å². The number of allylic oxidation sites excluding steroid dienone is 1. The van der Waals surface area contributed by atoms with Gasteiger partial charge in [-0.1, -0.05) is 64.5 Å². The van der Waals surface area contributed by atoms with E-state index >= 15 is 0 Å². The van der Waals surface area contributed by atoms with Gasteiger partial charge in [0.25, 0.3) is 0 Å². The molecular weight excluding hydrogens is 328 g/mol. The summed E-state index contributed by atoms with van der Waals surface area (Å²) >= 11 is 0. The minimum atomic E-state index is 0.534. The lowest BCUT2D eigenvalue weighted by molar-refractivity contribution is -0.00552. The molecule has 0 bridgehead atoms. The summed E-state index contributed by atoms with van der Waals surface area (Å²) in [5.41, 5.74) is 0. The minimum Gasteiger partial charge on any atom is -0.378 e. The van der Waals surface area contributed by atoms with Gasteiger partial charge in [-0.3, -0.25) is 0 Å². The van der Waals surface area contributed by atoms with Crippen molar-refractivity contribution in [3.63, 3.8) is 0 Å². The maximum absolute atomic E-state index is 5.96. The summed E-state index contributed by atoms with van der Waals surface area (Å²) in [7, 11) is 0. The second-order valence-corrected chi connectivity index (χ2v) is 10.0.